The summed E-state index contributed by atoms with van der Waals surface area (Å²) in [6.07, 6.45) is 0.993. The van der Waals surface area contributed by atoms with Gasteiger partial charge in [0.05, 0.1) is 5.69 Å². The molecule has 3 nitrogen and oxygen atoms in total. The fourth-order valence-electron chi connectivity index (χ4n) is 2.02. The van der Waals surface area contributed by atoms with Crippen molar-refractivity contribution in [1.82, 2.24) is 14.7 Å². The molecular formula is C12H17N3. The molecule has 0 fully saturated rings. The van der Waals surface area contributed by atoms with Crippen LogP contribution in [0, 0.1) is 6.92 Å². The van der Waals surface area contributed by atoms with Gasteiger partial charge in [0.1, 0.15) is 5.65 Å². The fraction of sp³-hybridized carbons (Fsp3) is 0.417. The van der Waals surface area contributed by atoms with Gasteiger partial charge in [0.25, 0.3) is 0 Å². The second-order valence-corrected chi connectivity index (χ2v) is 3.74. The average Bonchev–Trinajstić information content (AvgIpc) is 2.57. The van der Waals surface area contributed by atoms with Crippen molar-refractivity contribution < 1.29 is 0 Å². The molecule has 0 saturated heterocycles. The molecule has 0 bridgehead atoms. The minimum atomic E-state index is 0.873. The largest absolute Gasteiger partial charge is 0.314 e. The van der Waals surface area contributed by atoms with Gasteiger partial charge < -0.3 is 5.32 Å². The van der Waals surface area contributed by atoms with Gasteiger partial charge in [0.15, 0.2) is 0 Å². The van der Waals surface area contributed by atoms with Crippen LogP contribution in [-0.4, -0.2) is 16.4 Å². The highest BCUT2D eigenvalue weighted by Crippen LogP contribution is 2.15. The molecule has 0 aliphatic carbocycles. The summed E-state index contributed by atoms with van der Waals surface area (Å²) >= 11 is 0. The molecule has 2 rings (SSSR count). The lowest BCUT2D eigenvalue weighted by Gasteiger charge is -2.06. The molecule has 0 spiro atoms. The van der Waals surface area contributed by atoms with Crippen LogP contribution >= 0.6 is 0 Å². The number of imidazole rings is 1. The molecule has 80 valence electrons. The Morgan fingerprint density at radius 3 is 2.87 bits per heavy atom. The van der Waals surface area contributed by atoms with Crippen molar-refractivity contribution in [2.45, 2.75) is 26.8 Å². The van der Waals surface area contributed by atoms with Crippen LogP contribution < -0.4 is 5.32 Å². The molecule has 0 amide bonds. The first-order valence-corrected chi connectivity index (χ1v) is 5.38. The molecule has 0 aliphatic heterocycles. The zero-order valence-corrected chi connectivity index (χ0v) is 9.54. The van der Waals surface area contributed by atoms with E-state index in [1.807, 2.05) is 7.05 Å². The van der Waals surface area contributed by atoms with Crippen molar-refractivity contribution in [3.8, 4) is 0 Å². The lowest BCUT2D eigenvalue weighted by Crippen LogP contribution is -2.09. The standard InChI is InChI=1S/C12H17N3/c1-4-11-9(2)15-10(8-13-3)6-5-7-12(15)14-11/h5-7,13H,4,8H2,1-3H3. The van der Waals surface area contributed by atoms with Crippen LogP contribution in [0.4, 0.5) is 0 Å². The number of nitrogens with one attached hydrogen (secondary N) is 1. The number of pyridine rings is 1. The zero-order valence-electron chi connectivity index (χ0n) is 9.54. The quantitative estimate of drug-likeness (QED) is 0.826. The van der Waals surface area contributed by atoms with E-state index in [2.05, 4.69) is 46.7 Å². The van der Waals surface area contributed by atoms with E-state index in [-0.39, 0.29) is 0 Å². The molecule has 0 aromatic carbocycles. The number of hydrogen-bond donors (Lipinski definition) is 1. The molecule has 0 aliphatic rings. The van der Waals surface area contributed by atoms with E-state index in [4.69, 9.17) is 0 Å². The average molecular weight is 203 g/mol. The number of nitrogens with zero attached hydrogens (tertiary/aromatic N) is 2. The third-order valence-corrected chi connectivity index (χ3v) is 2.75. The molecule has 15 heavy (non-hydrogen) atoms. The van der Waals surface area contributed by atoms with E-state index in [1.165, 1.54) is 17.1 Å². The molecule has 2 aromatic rings. The Hall–Kier alpha value is -1.35. The predicted octanol–water partition coefficient (Wildman–Crippen LogP) is 1.92. The summed E-state index contributed by atoms with van der Waals surface area (Å²) in [6.45, 7) is 5.15. The Morgan fingerprint density at radius 2 is 2.20 bits per heavy atom. The smallest absolute Gasteiger partial charge is 0.137 e. The van der Waals surface area contributed by atoms with Crippen LogP contribution in [0.2, 0.25) is 0 Å². The summed E-state index contributed by atoms with van der Waals surface area (Å²) in [6, 6.07) is 6.26. The highest BCUT2D eigenvalue weighted by molar-refractivity contribution is 5.45. The van der Waals surface area contributed by atoms with Gasteiger partial charge in [-0.2, -0.15) is 0 Å². The summed E-state index contributed by atoms with van der Waals surface area (Å²) in [5.41, 5.74) is 4.77. The van der Waals surface area contributed by atoms with E-state index in [1.54, 1.807) is 0 Å². The second-order valence-electron chi connectivity index (χ2n) is 3.74. The Bertz CT molecular complexity index is 471. The number of fused-ring (bicyclic) bond motifs is 1. The van der Waals surface area contributed by atoms with Gasteiger partial charge >= 0.3 is 0 Å². The van der Waals surface area contributed by atoms with Crippen molar-refractivity contribution in [3.63, 3.8) is 0 Å². The van der Waals surface area contributed by atoms with Crippen molar-refractivity contribution >= 4 is 5.65 Å². The van der Waals surface area contributed by atoms with E-state index in [9.17, 15) is 0 Å². The van der Waals surface area contributed by atoms with Crippen LogP contribution in [-0.2, 0) is 13.0 Å². The molecule has 0 radical (unpaired) electrons. The maximum atomic E-state index is 4.61. The monoisotopic (exact) mass is 203 g/mol. The maximum absolute atomic E-state index is 4.61. The summed E-state index contributed by atoms with van der Waals surface area (Å²) in [5, 5.41) is 3.18. The first-order chi connectivity index (χ1) is 7.27. The van der Waals surface area contributed by atoms with Gasteiger partial charge in [-0.3, -0.25) is 4.40 Å². The number of rotatable bonds is 3. The Labute approximate surface area is 90.1 Å². The van der Waals surface area contributed by atoms with Crippen molar-refractivity contribution in [1.29, 1.82) is 0 Å². The van der Waals surface area contributed by atoms with E-state index < -0.39 is 0 Å². The highest BCUT2D eigenvalue weighted by atomic mass is 15.0. The highest BCUT2D eigenvalue weighted by Gasteiger charge is 2.08. The summed E-state index contributed by atoms with van der Waals surface area (Å²) in [7, 11) is 1.96. The third kappa shape index (κ3) is 1.63. The molecule has 0 saturated carbocycles. The van der Waals surface area contributed by atoms with E-state index in [0.717, 1.165) is 18.6 Å². The Kier molecular flexibility index (Phi) is 2.73. The zero-order chi connectivity index (χ0) is 10.8. The number of hydrogen-bond acceptors (Lipinski definition) is 2. The van der Waals surface area contributed by atoms with Gasteiger partial charge in [-0.15, -0.1) is 0 Å². The molecule has 1 N–H and O–H groups in total. The summed E-state index contributed by atoms with van der Waals surface area (Å²) < 4.78 is 2.23. The third-order valence-electron chi connectivity index (χ3n) is 2.75. The van der Waals surface area contributed by atoms with Gasteiger partial charge in [0.2, 0.25) is 0 Å². The number of aromatic nitrogens is 2. The van der Waals surface area contributed by atoms with Crippen molar-refractivity contribution in [2.24, 2.45) is 0 Å². The van der Waals surface area contributed by atoms with Gasteiger partial charge in [-0.05, 0) is 32.5 Å². The SMILES string of the molecule is CCc1nc2cccc(CNC)n2c1C. The molecule has 2 aromatic heterocycles. The first-order valence-electron chi connectivity index (χ1n) is 5.38. The second kappa shape index (κ2) is 4.03. The first kappa shape index (κ1) is 10.2. The number of aryl methyl sites for hydroxylation is 2. The van der Waals surface area contributed by atoms with Gasteiger partial charge in [-0.25, -0.2) is 4.98 Å². The Balaban J connectivity index is 2.67. The maximum Gasteiger partial charge on any atom is 0.137 e. The summed E-state index contributed by atoms with van der Waals surface area (Å²) in [4.78, 5) is 4.61. The molecular weight excluding hydrogens is 186 g/mol. The lowest BCUT2D eigenvalue weighted by atomic mass is 10.3. The van der Waals surface area contributed by atoms with Crippen LogP contribution in [0.25, 0.3) is 5.65 Å². The van der Waals surface area contributed by atoms with Gasteiger partial charge in [-0.1, -0.05) is 13.0 Å². The van der Waals surface area contributed by atoms with Crippen molar-refractivity contribution in [2.75, 3.05) is 7.05 Å². The normalized spacial score (nSPS) is 11.1. The van der Waals surface area contributed by atoms with E-state index >= 15 is 0 Å². The van der Waals surface area contributed by atoms with Crippen LogP contribution in [0.5, 0.6) is 0 Å². The van der Waals surface area contributed by atoms with Crippen LogP contribution in [0.3, 0.4) is 0 Å². The van der Waals surface area contributed by atoms with Crippen LogP contribution in [0.1, 0.15) is 24.0 Å². The predicted molar refractivity (Wildman–Crippen MR) is 62.1 cm³/mol. The summed E-state index contributed by atoms with van der Waals surface area (Å²) in [5.74, 6) is 0. The molecule has 0 unspecified atom stereocenters. The van der Waals surface area contributed by atoms with E-state index in [0.29, 0.717) is 0 Å². The molecule has 3 heteroatoms. The molecule has 0 atom stereocenters. The fourth-order valence-corrected chi connectivity index (χ4v) is 2.02. The van der Waals surface area contributed by atoms with Crippen molar-refractivity contribution in [3.05, 3.63) is 35.3 Å². The topological polar surface area (TPSA) is 29.3 Å². The molecule has 2 heterocycles. The van der Waals surface area contributed by atoms with Crippen LogP contribution in [0.15, 0.2) is 18.2 Å². The minimum absolute atomic E-state index is 0.873. The lowest BCUT2D eigenvalue weighted by molar-refractivity contribution is 0.771. The van der Waals surface area contributed by atoms with Gasteiger partial charge in [0, 0.05) is 17.9 Å². The Morgan fingerprint density at radius 1 is 1.40 bits per heavy atom. The minimum Gasteiger partial charge on any atom is -0.314 e.